The van der Waals surface area contributed by atoms with E-state index in [1.54, 1.807) is 25.6 Å². The quantitative estimate of drug-likeness (QED) is 0.809. The summed E-state index contributed by atoms with van der Waals surface area (Å²) in [5.74, 6) is 1.02. The van der Waals surface area contributed by atoms with E-state index in [0.717, 1.165) is 18.4 Å². The Balaban J connectivity index is 1.80. The lowest BCUT2D eigenvalue weighted by molar-refractivity contribution is 0.0575. The molecule has 1 amide bonds. The van der Waals surface area contributed by atoms with E-state index in [0.29, 0.717) is 24.7 Å². The van der Waals surface area contributed by atoms with Gasteiger partial charge in [0, 0.05) is 32.1 Å². The molecular weight excluding hydrogens is 304 g/mol. The third-order valence-corrected chi connectivity index (χ3v) is 4.54. The number of amides is 1. The molecular formula is C19H24N2O3. The summed E-state index contributed by atoms with van der Waals surface area (Å²) in [5.41, 5.74) is 1.09. The summed E-state index contributed by atoms with van der Waals surface area (Å²) in [6.07, 6.45) is 9.26. The molecule has 0 spiro atoms. The van der Waals surface area contributed by atoms with Crippen LogP contribution in [0.1, 0.15) is 54.0 Å². The first-order valence-corrected chi connectivity index (χ1v) is 8.55. The lowest BCUT2D eigenvalue weighted by Gasteiger charge is -2.34. The summed E-state index contributed by atoms with van der Waals surface area (Å²) in [5, 5.41) is 0. The molecule has 0 radical (unpaired) electrons. The lowest BCUT2D eigenvalue weighted by Crippen LogP contribution is -2.40. The molecule has 128 valence electrons. The smallest absolute Gasteiger partial charge is 0.290 e. The summed E-state index contributed by atoms with van der Waals surface area (Å²) in [6.45, 7) is 0.966. The Bertz CT molecular complexity index is 648. The van der Waals surface area contributed by atoms with E-state index in [2.05, 4.69) is 4.98 Å². The third-order valence-electron chi connectivity index (χ3n) is 4.54. The van der Waals surface area contributed by atoms with Gasteiger partial charge in [0.1, 0.15) is 12.4 Å². The Hall–Kier alpha value is -2.14. The first-order valence-electron chi connectivity index (χ1n) is 8.55. The fraction of sp³-hybridized carbons (Fsp3) is 0.474. The van der Waals surface area contributed by atoms with E-state index in [9.17, 15) is 4.79 Å². The standard InChI is InChI=1S/C19H24N2O3/c1-23-14-17-7-8-18(24-17)19(22)21(16-5-3-2-4-6-16)13-15-9-11-20-12-10-15/h7-12,16H,2-6,13-14H2,1H3. The number of furan rings is 1. The first-order chi connectivity index (χ1) is 11.8. The predicted molar refractivity (Wildman–Crippen MR) is 90.4 cm³/mol. The second-order valence-corrected chi connectivity index (χ2v) is 6.28. The van der Waals surface area contributed by atoms with Crippen LogP contribution in [0.5, 0.6) is 0 Å². The zero-order valence-corrected chi connectivity index (χ0v) is 14.1. The molecule has 1 aliphatic rings. The molecule has 5 nitrogen and oxygen atoms in total. The summed E-state index contributed by atoms with van der Waals surface area (Å²) in [7, 11) is 1.61. The second-order valence-electron chi connectivity index (χ2n) is 6.28. The van der Waals surface area contributed by atoms with Gasteiger partial charge >= 0.3 is 0 Å². The average molecular weight is 328 g/mol. The molecule has 0 N–H and O–H groups in total. The minimum absolute atomic E-state index is 0.0407. The summed E-state index contributed by atoms with van der Waals surface area (Å²) in [4.78, 5) is 19.1. The Labute approximate surface area is 142 Å². The highest BCUT2D eigenvalue weighted by Crippen LogP contribution is 2.26. The van der Waals surface area contributed by atoms with Crippen LogP contribution in [0.15, 0.2) is 41.1 Å². The van der Waals surface area contributed by atoms with E-state index in [1.807, 2.05) is 23.1 Å². The summed E-state index contributed by atoms with van der Waals surface area (Å²) >= 11 is 0. The Morgan fingerprint density at radius 2 is 1.96 bits per heavy atom. The Morgan fingerprint density at radius 3 is 2.67 bits per heavy atom. The van der Waals surface area contributed by atoms with E-state index in [1.165, 1.54) is 19.3 Å². The van der Waals surface area contributed by atoms with Crippen molar-refractivity contribution in [2.75, 3.05) is 7.11 Å². The number of ether oxygens (including phenoxy) is 1. The van der Waals surface area contributed by atoms with Gasteiger partial charge in [-0.15, -0.1) is 0 Å². The van der Waals surface area contributed by atoms with Crippen LogP contribution in [0.4, 0.5) is 0 Å². The van der Waals surface area contributed by atoms with Crippen LogP contribution in [-0.4, -0.2) is 28.9 Å². The topological polar surface area (TPSA) is 55.6 Å². The van der Waals surface area contributed by atoms with Crippen LogP contribution < -0.4 is 0 Å². The van der Waals surface area contributed by atoms with Crippen LogP contribution >= 0.6 is 0 Å². The average Bonchev–Trinajstić information content (AvgIpc) is 3.10. The number of hydrogen-bond donors (Lipinski definition) is 0. The second kappa shape index (κ2) is 8.11. The molecule has 0 atom stereocenters. The molecule has 2 aromatic rings. The molecule has 3 rings (SSSR count). The summed E-state index contributed by atoms with van der Waals surface area (Å²) < 4.78 is 10.7. The molecule has 24 heavy (non-hydrogen) atoms. The predicted octanol–water partition coefficient (Wildman–Crippen LogP) is 3.80. The number of rotatable bonds is 6. The maximum Gasteiger partial charge on any atom is 0.290 e. The van der Waals surface area contributed by atoms with Gasteiger partial charge in [-0.2, -0.15) is 0 Å². The molecule has 5 heteroatoms. The van der Waals surface area contributed by atoms with Crippen LogP contribution in [-0.2, 0) is 17.9 Å². The Morgan fingerprint density at radius 1 is 1.21 bits per heavy atom. The molecule has 2 heterocycles. The van der Waals surface area contributed by atoms with E-state index in [4.69, 9.17) is 9.15 Å². The third kappa shape index (κ3) is 4.03. The highest BCUT2D eigenvalue weighted by atomic mass is 16.5. The number of nitrogens with zero attached hydrogens (tertiary/aromatic N) is 2. The van der Waals surface area contributed by atoms with Crippen molar-refractivity contribution in [3.05, 3.63) is 53.7 Å². The van der Waals surface area contributed by atoms with Crippen molar-refractivity contribution in [3.63, 3.8) is 0 Å². The number of carbonyl (C=O) groups excluding carboxylic acids is 1. The molecule has 0 bridgehead atoms. The zero-order valence-electron chi connectivity index (χ0n) is 14.1. The van der Waals surface area contributed by atoms with Gasteiger partial charge in [-0.05, 0) is 42.7 Å². The van der Waals surface area contributed by atoms with Crippen LogP contribution in [0.2, 0.25) is 0 Å². The fourth-order valence-corrected chi connectivity index (χ4v) is 3.30. The van der Waals surface area contributed by atoms with Crippen molar-refractivity contribution < 1.29 is 13.9 Å². The SMILES string of the molecule is COCc1ccc(C(=O)N(Cc2ccncc2)C2CCCCC2)o1. The highest BCUT2D eigenvalue weighted by molar-refractivity contribution is 5.91. The van der Waals surface area contributed by atoms with Gasteiger partial charge in [0.05, 0.1) is 0 Å². The first kappa shape index (κ1) is 16.7. The van der Waals surface area contributed by atoms with Gasteiger partial charge in [-0.25, -0.2) is 0 Å². The number of methoxy groups -OCH3 is 1. The monoisotopic (exact) mass is 328 g/mol. The molecule has 0 saturated heterocycles. The van der Waals surface area contributed by atoms with Gasteiger partial charge in [-0.3, -0.25) is 9.78 Å². The zero-order chi connectivity index (χ0) is 16.8. The summed E-state index contributed by atoms with van der Waals surface area (Å²) in [6, 6.07) is 7.75. The molecule has 1 fully saturated rings. The largest absolute Gasteiger partial charge is 0.453 e. The minimum Gasteiger partial charge on any atom is -0.453 e. The van der Waals surface area contributed by atoms with Crippen molar-refractivity contribution in [1.29, 1.82) is 0 Å². The number of pyridine rings is 1. The maximum atomic E-state index is 13.0. The lowest BCUT2D eigenvalue weighted by atomic mass is 9.93. The van der Waals surface area contributed by atoms with Crippen LogP contribution in [0, 0.1) is 0 Å². The van der Waals surface area contributed by atoms with Crippen LogP contribution in [0.25, 0.3) is 0 Å². The van der Waals surface area contributed by atoms with E-state index >= 15 is 0 Å². The Kier molecular flexibility index (Phi) is 5.64. The normalized spacial score (nSPS) is 15.4. The number of hydrogen-bond acceptors (Lipinski definition) is 4. The van der Waals surface area contributed by atoms with Crippen molar-refractivity contribution in [2.24, 2.45) is 0 Å². The highest BCUT2D eigenvalue weighted by Gasteiger charge is 2.28. The maximum absolute atomic E-state index is 13.0. The fourth-order valence-electron chi connectivity index (χ4n) is 3.30. The molecule has 2 aromatic heterocycles. The molecule has 0 aliphatic heterocycles. The van der Waals surface area contributed by atoms with Gasteiger partial charge in [-0.1, -0.05) is 19.3 Å². The molecule has 0 aromatic carbocycles. The van der Waals surface area contributed by atoms with E-state index < -0.39 is 0 Å². The van der Waals surface area contributed by atoms with Gasteiger partial charge in [0.25, 0.3) is 5.91 Å². The van der Waals surface area contributed by atoms with Gasteiger partial charge < -0.3 is 14.1 Å². The molecule has 1 aliphatic carbocycles. The molecule has 1 saturated carbocycles. The number of aromatic nitrogens is 1. The molecule has 0 unspecified atom stereocenters. The van der Waals surface area contributed by atoms with Gasteiger partial charge in [0.2, 0.25) is 0 Å². The van der Waals surface area contributed by atoms with Gasteiger partial charge in [0.15, 0.2) is 5.76 Å². The van der Waals surface area contributed by atoms with Crippen molar-refractivity contribution >= 4 is 5.91 Å². The van der Waals surface area contributed by atoms with Crippen molar-refractivity contribution in [1.82, 2.24) is 9.88 Å². The minimum atomic E-state index is -0.0407. The van der Waals surface area contributed by atoms with Crippen molar-refractivity contribution in [2.45, 2.75) is 51.3 Å². The number of carbonyl (C=O) groups is 1. The van der Waals surface area contributed by atoms with Crippen molar-refractivity contribution in [3.8, 4) is 0 Å². The van der Waals surface area contributed by atoms with Crippen LogP contribution in [0.3, 0.4) is 0 Å². The van der Waals surface area contributed by atoms with E-state index in [-0.39, 0.29) is 11.9 Å².